The first-order valence-corrected chi connectivity index (χ1v) is 17.1. The van der Waals surface area contributed by atoms with Crippen LogP contribution in [0.3, 0.4) is 0 Å². The molecule has 1 aliphatic carbocycles. The third kappa shape index (κ3) is 7.83. The van der Waals surface area contributed by atoms with Crippen LogP contribution in [-0.4, -0.2) is 80.8 Å². The molecule has 3 N–H and O–H groups in total. The smallest absolute Gasteiger partial charge is 0.320 e. The molecule has 2 aliphatic rings. The molecule has 13 nitrogen and oxygen atoms in total. The van der Waals surface area contributed by atoms with Crippen LogP contribution >= 0.6 is 0 Å². The number of anilines is 1. The molecule has 0 radical (unpaired) electrons. The normalized spacial score (nSPS) is 18.7. The van der Waals surface area contributed by atoms with Crippen LogP contribution in [0.2, 0.25) is 0 Å². The number of pyridine rings is 1. The second kappa shape index (κ2) is 14.5. The van der Waals surface area contributed by atoms with Crippen molar-refractivity contribution in [2.45, 2.75) is 83.5 Å². The summed E-state index contributed by atoms with van der Waals surface area (Å²) < 4.78 is 13.9. The molecule has 13 heteroatoms. The van der Waals surface area contributed by atoms with E-state index in [0.29, 0.717) is 31.6 Å². The molecule has 0 spiro atoms. The maximum absolute atomic E-state index is 13.4. The van der Waals surface area contributed by atoms with E-state index in [4.69, 9.17) is 9.47 Å². The summed E-state index contributed by atoms with van der Waals surface area (Å²) in [5, 5.41) is 17.6. The van der Waals surface area contributed by atoms with Crippen molar-refractivity contribution in [1.29, 1.82) is 0 Å². The van der Waals surface area contributed by atoms with E-state index >= 15 is 0 Å². The van der Waals surface area contributed by atoms with Gasteiger partial charge in [-0.05, 0) is 42.5 Å². The summed E-state index contributed by atoms with van der Waals surface area (Å²) in [6.45, 7) is 13.2. The van der Waals surface area contributed by atoms with Crippen molar-refractivity contribution < 1.29 is 19.1 Å². The largest absolute Gasteiger partial charge is 0.484 e. The maximum atomic E-state index is 13.4. The minimum Gasteiger partial charge on any atom is -0.484 e. The molecule has 4 heterocycles. The monoisotopic (exact) mass is 669 g/mol. The van der Waals surface area contributed by atoms with E-state index in [-0.39, 0.29) is 47.1 Å². The Morgan fingerprint density at radius 3 is 2.55 bits per heavy atom. The fourth-order valence-electron chi connectivity index (χ4n) is 6.23. The molecule has 1 saturated heterocycles. The molecular formula is C36H47N9O4. The number of carbonyl (C=O) groups excluding carboxylic acids is 2. The highest BCUT2D eigenvalue weighted by atomic mass is 16.5. The number of aromatic nitrogens is 5. The summed E-state index contributed by atoms with van der Waals surface area (Å²) in [6, 6.07) is 13.0. The molecule has 4 aromatic rings. The Labute approximate surface area is 287 Å². The van der Waals surface area contributed by atoms with Gasteiger partial charge < -0.3 is 20.1 Å². The van der Waals surface area contributed by atoms with Crippen molar-refractivity contribution in [3.63, 3.8) is 0 Å². The molecule has 3 aromatic heterocycles. The molecule has 1 aliphatic heterocycles. The molecule has 1 aromatic carbocycles. The van der Waals surface area contributed by atoms with Crippen LogP contribution in [-0.2, 0) is 10.2 Å². The van der Waals surface area contributed by atoms with Crippen LogP contribution in [0.5, 0.6) is 5.75 Å². The van der Waals surface area contributed by atoms with E-state index < -0.39 is 6.03 Å². The lowest BCUT2D eigenvalue weighted by Crippen LogP contribution is -2.53. The number of hydrogen-bond donors (Lipinski definition) is 3. The zero-order valence-electron chi connectivity index (χ0n) is 29.2. The molecule has 0 saturated carbocycles. The van der Waals surface area contributed by atoms with E-state index in [2.05, 4.69) is 60.9 Å². The summed E-state index contributed by atoms with van der Waals surface area (Å²) in [5.74, 6) is 1.82. The number of benzene rings is 1. The maximum Gasteiger partial charge on any atom is 0.320 e. The predicted molar refractivity (Wildman–Crippen MR) is 186 cm³/mol. The van der Waals surface area contributed by atoms with Gasteiger partial charge in [-0.1, -0.05) is 58.9 Å². The van der Waals surface area contributed by atoms with E-state index in [1.54, 1.807) is 13.2 Å². The Kier molecular flexibility index (Phi) is 10.1. The van der Waals surface area contributed by atoms with Crippen LogP contribution in [0.15, 0.2) is 48.7 Å². The van der Waals surface area contributed by atoms with Gasteiger partial charge in [0.2, 0.25) is 5.82 Å². The van der Waals surface area contributed by atoms with Gasteiger partial charge in [0, 0.05) is 50.7 Å². The second-order valence-corrected chi connectivity index (χ2v) is 14.0. The van der Waals surface area contributed by atoms with E-state index in [9.17, 15) is 9.59 Å². The third-order valence-corrected chi connectivity index (χ3v) is 9.38. The molecule has 0 bridgehead atoms. The number of likely N-dealkylation sites (tertiary alicyclic amines) is 1. The van der Waals surface area contributed by atoms with Gasteiger partial charge in [0.1, 0.15) is 23.5 Å². The lowest BCUT2D eigenvalue weighted by Gasteiger charge is -2.38. The summed E-state index contributed by atoms with van der Waals surface area (Å²) >= 11 is 0. The van der Waals surface area contributed by atoms with Gasteiger partial charge in [-0.25, -0.2) is 14.8 Å². The van der Waals surface area contributed by atoms with Gasteiger partial charge >= 0.3 is 6.03 Å². The van der Waals surface area contributed by atoms with E-state index in [1.165, 1.54) is 0 Å². The van der Waals surface area contributed by atoms with Gasteiger partial charge in [0.25, 0.3) is 5.91 Å². The third-order valence-electron chi connectivity index (χ3n) is 9.38. The molecule has 49 heavy (non-hydrogen) atoms. The Morgan fingerprint density at radius 1 is 1.04 bits per heavy atom. The number of rotatable bonds is 11. The van der Waals surface area contributed by atoms with E-state index in [1.807, 2.05) is 61.7 Å². The second-order valence-electron chi connectivity index (χ2n) is 14.0. The topological polar surface area (TPSA) is 148 Å². The van der Waals surface area contributed by atoms with Crippen LogP contribution in [0.1, 0.15) is 105 Å². The lowest BCUT2D eigenvalue weighted by molar-refractivity contribution is -0.0281. The minimum atomic E-state index is -0.412. The van der Waals surface area contributed by atoms with Gasteiger partial charge in [-0.3, -0.25) is 19.4 Å². The van der Waals surface area contributed by atoms with Crippen molar-refractivity contribution in [2.75, 3.05) is 38.6 Å². The minimum absolute atomic E-state index is 0.0186. The summed E-state index contributed by atoms with van der Waals surface area (Å²) in [5.41, 5.74) is 3.09. The van der Waals surface area contributed by atoms with Crippen molar-refractivity contribution in [3.05, 3.63) is 77.1 Å². The summed E-state index contributed by atoms with van der Waals surface area (Å²) in [6.07, 6.45) is 4.37. The number of ether oxygens (including phenoxy) is 2. The molecule has 260 valence electrons. The SMILES string of the molecule is CC[C@H](C)c1nnc2ccc(O[C@@H]3CC[C@H](NC(=O)Nc4cc(C(C)(C)C)nc(C(=O)NCCN5CC(OC)C5)n4)c4ccccc43)cn12. The average molecular weight is 670 g/mol. The predicted octanol–water partition coefficient (Wildman–Crippen LogP) is 5.17. The van der Waals surface area contributed by atoms with Crippen molar-refractivity contribution in [3.8, 4) is 5.75 Å². The first kappa shape index (κ1) is 34.3. The van der Waals surface area contributed by atoms with Crippen LogP contribution in [0.4, 0.5) is 10.6 Å². The number of hydrogen-bond acceptors (Lipinski definition) is 9. The fourth-order valence-corrected chi connectivity index (χ4v) is 6.23. The van der Waals surface area contributed by atoms with Crippen LogP contribution in [0, 0.1) is 0 Å². The standard InChI is InChI=1S/C36H47N9O4/c1-7-22(2)33-43-42-31-15-12-23(21-45(31)33)49-28-14-13-27(25-10-8-9-11-26(25)28)38-35(47)41-30-18-29(36(3,4)5)39-32(40-30)34(46)37-16-17-44-19-24(20-44)48-6/h8-12,15,18,21-22,24,27-28H,7,13-14,16-17,19-20H2,1-6H3,(H,37,46)(H2,38,39,40,41,47)/t22-,27-,28+/m0/s1. The zero-order valence-corrected chi connectivity index (χ0v) is 29.2. The molecule has 6 rings (SSSR count). The first-order chi connectivity index (χ1) is 23.5. The zero-order chi connectivity index (χ0) is 34.7. The van der Waals surface area contributed by atoms with Gasteiger partial charge in [0.15, 0.2) is 5.65 Å². The van der Waals surface area contributed by atoms with Gasteiger partial charge in [-0.15, -0.1) is 10.2 Å². The van der Waals surface area contributed by atoms with Crippen LogP contribution < -0.4 is 20.7 Å². The Morgan fingerprint density at radius 2 is 1.82 bits per heavy atom. The highest BCUT2D eigenvalue weighted by Crippen LogP contribution is 2.39. The summed E-state index contributed by atoms with van der Waals surface area (Å²) in [7, 11) is 1.71. The molecule has 1 fully saturated rings. The molecule has 3 amide bonds. The highest BCUT2D eigenvalue weighted by molar-refractivity contribution is 5.92. The highest BCUT2D eigenvalue weighted by Gasteiger charge is 2.30. The van der Waals surface area contributed by atoms with Gasteiger partial charge in [-0.2, -0.15) is 0 Å². The Bertz CT molecular complexity index is 1800. The number of amides is 3. The number of nitrogens with zero attached hydrogens (tertiary/aromatic N) is 6. The van der Waals surface area contributed by atoms with Crippen molar-refractivity contribution >= 4 is 23.4 Å². The van der Waals surface area contributed by atoms with Gasteiger partial charge in [0.05, 0.1) is 24.0 Å². The number of methoxy groups -OCH3 is 1. The van der Waals surface area contributed by atoms with Crippen molar-refractivity contribution in [1.82, 2.24) is 40.1 Å². The molecule has 0 unspecified atom stereocenters. The number of carbonyl (C=O) groups is 2. The summed E-state index contributed by atoms with van der Waals surface area (Å²) in [4.78, 5) is 37.6. The van der Waals surface area contributed by atoms with Crippen LogP contribution in [0.25, 0.3) is 5.65 Å². The number of nitrogens with one attached hydrogen (secondary N) is 3. The number of fused-ring (bicyclic) bond motifs is 2. The Hall–Kier alpha value is -4.62. The van der Waals surface area contributed by atoms with Crippen molar-refractivity contribution in [2.24, 2.45) is 0 Å². The lowest BCUT2D eigenvalue weighted by atomic mass is 9.85. The number of urea groups is 1. The molecular weight excluding hydrogens is 622 g/mol. The first-order valence-electron chi connectivity index (χ1n) is 17.1. The molecule has 3 atom stereocenters. The fraction of sp³-hybridized carbons (Fsp3) is 0.500. The Balaban J connectivity index is 1.12. The quantitative estimate of drug-likeness (QED) is 0.197. The average Bonchev–Trinajstić information content (AvgIpc) is 3.49. The van der Waals surface area contributed by atoms with E-state index in [0.717, 1.165) is 47.9 Å².